The van der Waals surface area contributed by atoms with Crippen molar-refractivity contribution in [1.82, 2.24) is 15.0 Å². The van der Waals surface area contributed by atoms with Crippen molar-refractivity contribution in [3.05, 3.63) is 59.5 Å². The summed E-state index contributed by atoms with van der Waals surface area (Å²) in [5, 5.41) is 6.94. The van der Waals surface area contributed by atoms with Crippen LogP contribution in [-0.4, -0.2) is 51.6 Å². The van der Waals surface area contributed by atoms with Crippen molar-refractivity contribution < 1.29 is 18.8 Å². The number of anilines is 1. The fourth-order valence-electron chi connectivity index (χ4n) is 3.52. The van der Waals surface area contributed by atoms with E-state index in [1.165, 1.54) is 0 Å². The van der Waals surface area contributed by atoms with Crippen LogP contribution in [0.25, 0.3) is 11.4 Å². The number of amides is 2. The number of hydrogen-bond donors (Lipinski definition) is 1. The van der Waals surface area contributed by atoms with Crippen molar-refractivity contribution in [3.63, 3.8) is 0 Å². The Hall–Kier alpha value is -3.33. The second-order valence-electron chi connectivity index (χ2n) is 7.91. The summed E-state index contributed by atoms with van der Waals surface area (Å²) in [6, 6.07) is 12.6. The molecule has 0 spiro atoms. The third-order valence-electron chi connectivity index (χ3n) is 5.65. The van der Waals surface area contributed by atoms with E-state index in [9.17, 15) is 9.59 Å². The molecule has 1 aliphatic rings. The lowest BCUT2D eigenvalue weighted by atomic mass is 10.1. The first-order valence-corrected chi connectivity index (χ1v) is 11.8. The molecule has 0 radical (unpaired) electrons. The molecule has 1 saturated heterocycles. The standard InChI is InChI=1S/C24H26N4O4S/c1-15-4-7-18(12-16(15)2)25-24(30)20-13-33-14-28(20)22(29)11-10-21-26-23(27-32-21)17-5-8-19(31-3)9-6-17/h4-9,12,20H,10-11,13-14H2,1-3H3,(H,25,30). The van der Waals surface area contributed by atoms with Gasteiger partial charge in [-0.3, -0.25) is 9.59 Å². The van der Waals surface area contributed by atoms with Gasteiger partial charge in [0.05, 0.1) is 13.0 Å². The van der Waals surface area contributed by atoms with Crippen molar-refractivity contribution >= 4 is 29.3 Å². The smallest absolute Gasteiger partial charge is 0.248 e. The number of rotatable bonds is 7. The molecule has 1 aromatic heterocycles. The molecule has 3 aromatic rings. The molecule has 2 aromatic carbocycles. The van der Waals surface area contributed by atoms with Gasteiger partial charge in [0.15, 0.2) is 0 Å². The number of carbonyl (C=O) groups is 2. The van der Waals surface area contributed by atoms with Crippen LogP contribution in [0, 0.1) is 13.8 Å². The summed E-state index contributed by atoms with van der Waals surface area (Å²) >= 11 is 1.57. The Morgan fingerprint density at radius 3 is 2.70 bits per heavy atom. The van der Waals surface area contributed by atoms with Crippen LogP contribution in [0.3, 0.4) is 0 Å². The molecule has 2 heterocycles. The zero-order valence-electron chi connectivity index (χ0n) is 18.8. The first-order valence-electron chi connectivity index (χ1n) is 10.7. The third-order valence-corrected chi connectivity index (χ3v) is 6.66. The number of nitrogens with one attached hydrogen (secondary N) is 1. The summed E-state index contributed by atoms with van der Waals surface area (Å²) < 4.78 is 10.5. The molecule has 4 rings (SSSR count). The quantitative estimate of drug-likeness (QED) is 0.565. The van der Waals surface area contributed by atoms with Gasteiger partial charge in [0.1, 0.15) is 11.8 Å². The number of thioether (sulfide) groups is 1. The lowest BCUT2D eigenvalue weighted by molar-refractivity contribution is -0.136. The first-order chi connectivity index (χ1) is 15.9. The second-order valence-corrected chi connectivity index (χ2v) is 8.91. The first kappa shape index (κ1) is 22.8. The number of benzene rings is 2. The second kappa shape index (κ2) is 10.1. The highest BCUT2D eigenvalue weighted by molar-refractivity contribution is 7.99. The monoisotopic (exact) mass is 466 g/mol. The van der Waals surface area contributed by atoms with Gasteiger partial charge < -0.3 is 19.5 Å². The largest absolute Gasteiger partial charge is 0.497 e. The average molecular weight is 467 g/mol. The van der Waals surface area contributed by atoms with Crippen LogP contribution in [-0.2, 0) is 16.0 Å². The molecule has 1 atom stereocenters. The number of carbonyl (C=O) groups excluding carboxylic acids is 2. The summed E-state index contributed by atoms with van der Waals surface area (Å²) in [4.78, 5) is 31.7. The highest BCUT2D eigenvalue weighted by atomic mass is 32.2. The fourth-order valence-corrected chi connectivity index (χ4v) is 4.70. The molecule has 1 unspecified atom stereocenters. The van der Waals surface area contributed by atoms with Crippen molar-refractivity contribution in [1.29, 1.82) is 0 Å². The van der Waals surface area contributed by atoms with Gasteiger partial charge in [-0.05, 0) is 61.4 Å². The molecular formula is C24H26N4O4S. The molecule has 8 nitrogen and oxygen atoms in total. The molecule has 1 N–H and O–H groups in total. The van der Waals surface area contributed by atoms with Crippen LogP contribution in [0.15, 0.2) is 47.0 Å². The topological polar surface area (TPSA) is 97.6 Å². The maximum absolute atomic E-state index is 12.9. The Morgan fingerprint density at radius 1 is 1.18 bits per heavy atom. The summed E-state index contributed by atoms with van der Waals surface area (Å²) in [5.74, 6) is 2.38. The molecule has 1 fully saturated rings. The zero-order chi connectivity index (χ0) is 23.4. The lowest BCUT2D eigenvalue weighted by Gasteiger charge is -2.23. The minimum absolute atomic E-state index is 0.107. The van der Waals surface area contributed by atoms with Gasteiger partial charge >= 0.3 is 0 Å². The van der Waals surface area contributed by atoms with Gasteiger partial charge in [-0.2, -0.15) is 4.98 Å². The number of hydrogen-bond acceptors (Lipinski definition) is 7. The number of aromatic nitrogens is 2. The van der Waals surface area contributed by atoms with E-state index in [1.54, 1.807) is 23.8 Å². The maximum Gasteiger partial charge on any atom is 0.248 e. The molecule has 0 aliphatic carbocycles. The van der Waals surface area contributed by atoms with Crippen LogP contribution in [0.5, 0.6) is 5.75 Å². The average Bonchev–Trinajstić information content (AvgIpc) is 3.50. The van der Waals surface area contributed by atoms with Crippen LogP contribution >= 0.6 is 11.8 Å². The van der Waals surface area contributed by atoms with Crippen LogP contribution in [0.1, 0.15) is 23.4 Å². The van der Waals surface area contributed by atoms with Crippen LogP contribution in [0.2, 0.25) is 0 Å². The third kappa shape index (κ3) is 5.36. The summed E-state index contributed by atoms with van der Waals surface area (Å²) in [7, 11) is 1.61. The van der Waals surface area contributed by atoms with Crippen molar-refractivity contribution in [2.75, 3.05) is 24.1 Å². The molecule has 9 heteroatoms. The number of nitrogens with zero attached hydrogens (tertiary/aromatic N) is 3. The predicted octanol–water partition coefficient (Wildman–Crippen LogP) is 3.83. The molecular weight excluding hydrogens is 440 g/mol. The molecule has 0 bridgehead atoms. The van der Waals surface area contributed by atoms with Crippen molar-refractivity contribution in [2.45, 2.75) is 32.7 Å². The maximum atomic E-state index is 12.9. The van der Waals surface area contributed by atoms with Gasteiger partial charge in [-0.1, -0.05) is 11.2 Å². The normalized spacial score (nSPS) is 15.5. The minimum atomic E-state index is -0.498. The summed E-state index contributed by atoms with van der Waals surface area (Å²) in [5.41, 5.74) is 3.81. The lowest BCUT2D eigenvalue weighted by Crippen LogP contribution is -2.44. The molecule has 1 aliphatic heterocycles. The highest BCUT2D eigenvalue weighted by Gasteiger charge is 2.34. The minimum Gasteiger partial charge on any atom is -0.497 e. The Kier molecular flexibility index (Phi) is 6.98. The highest BCUT2D eigenvalue weighted by Crippen LogP contribution is 2.25. The van der Waals surface area contributed by atoms with Crippen LogP contribution in [0.4, 0.5) is 5.69 Å². The fraction of sp³-hybridized carbons (Fsp3) is 0.333. The Bertz CT molecular complexity index is 1150. The van der Waals surface area contributed by atoms with Gasteiger partial charge in [0.25, 0.3) is 0 Å². The number of aryl methyl sites for hydroxylation is 3. The predicted molar refractivity (Wildman–Crippen MR) is 127 cm³/mol. The van der Waals surface area contributed by atoms with E-state index in [1.807, 2.05) is 56.3 Å². The number of ether oxygens (including phenoxy) is 1. The van der Waals surface area contributed by atoms with Crippen molar-refractivity contribution in [3.8, 4) is 17.1 Å². The number of methoxy groups -OCH3 is 1. The molecule has 2 amide bonds. The van der Waals surface area contributed by atoms with E-state index in [-0.39, 0.29) is 18.2 Å². The molecule has 33 heavy (non-hydrogen) atoms. The van der Waals surface area contributed by atoms with E-state index in [2.05, 4.69) is 15.5 Å². The Morgan fingerprint density at radius 2 is 1.97 bits per heavy atom. The summed E-state index contributed by atoms with van der Waals surface area (Å²) in [6.07, 6.45) is 0.507. The van der Waals surface area contributed by atoms with E-state index < -0.39 is 6.04 Å². The van der Waals surface area contributed by atoms with Crippen molar-refractivity contribution in [2.24, 2.45) is 0 Å². The zero-order valence-corrected chi connectivity index (χ0v) is 19.6. The Labute approximate surface area is 196 Å². The van der Waals surface area contributed by atoms with Gasteiger partial charge in [-0.25, -0.2) is 0 Å². The van der Waals surface area contributed by atoms with Gasteiger partial charge in [0, 0.05) is 29.8 Å². The SMILES string of the molecule is COc1ccc(-c2noc(CCC(=O)N3CSCC3C(=O)Nc3ccc(C)c(C)c3)n2)cc1. The van der Waals surface area contributed by atoms with E-state index in [4.69, 9.17) is 9.26 Å². The van der Waals surface area contributed by atoms with E-state index in [0.29, 0.717) is 29.8 Å². The van der Waals surface area contributed by atoms with Gasteiger partial charge in [-0.15, -0.1) is 11.8 Å². The Balaban J connectivity index is 1.34. The van der Waals surface area contributed by atoms with Crippen LogP contribution < -0.4 is 10.1 Å². The van der Waals surface area contributed by atoms with E-state index in [0.717, 1.165) is 28.1 Å². The van der Waals surface area contributed by atoms with Gasteiger partial charge in [0.2, 0.25) is 23.5 Å². The molecule has 0 saturated carbocycles. The van der Waals surface area contributed by atoms with E-state index >= 15 is 0 Å². The summed E-state index contributed by atoms with van der Waals surface area (Å²) in [6.45, 7) is 4.03. The molecule has 172 valence electrons.